The number of nitrogens with zero attached hydrogens (tertiary/aromatic N) is 1. The first-order chi connectivity index (χ1) is 9.05. The summed E-state index contributed by atoms with van der Waals surface area (Å²) >= 11 is 0. The van der Waals surface area contributed by atoms with Crippen LogP contribution in [-0.4, -0.2) is 20.3 Å². The first-order valence-electron chi connectivity index (χ1n) is 8.26. The van der Waals surface area contributed by atoms with E-state index < -0.39 is 8.07 Å². The van der Waals surface area contributed by atoms with Crippen molar-refractivity contribution in [2.45, 2.75) is 84.4 Å². The Bertz CT molecular complexity index is 310. The maximum absolute atomic E-state index is 4.98. The average Bonchev–Trinajstić information content (AvgIpc) is 2.31. The highest BCUT2D eigenvalue weighted by molar-refractivity contribution is 6.87. The van der Waals surface area contributed by atoms with Gasteiger partial charge in [-0.25, -0.2) is 0 Å². The van der Waals surface area contributed by atoms with Gasteiger partial charge >= 0.3 is 0 Å². The van der Waals surface area contributed by atoms with E-state index >= 15 is 0 Å². The van der Waals surface area contributed by atoms with E-state index in [0.29, 0.717) is 0 Å². The fraction of sp³-hybridized carbons (Fsp3) is 0.824. The molecule has 0 aromatic heterocycles. The molecule has 0 aromatic carbocycles. The molecule has 1 nitrogen and oxygen atoms in total. The molecule has 110 valence electrons. The number of aliphatic imine (C=N–C) groups is 1. The number of rotatable bonds is 2. The third-order valence-electron chi connectivity index (χ3n) is 4.03. The van der Waals surface area contributed by atoms with E-state index in [1.807, 2.05) is 0 Å². The van der Waals surface area contributed by atoms with Crippen molar-refractivity contribution in [3.05, 3.63) is 11.3 Å². The van der Waals surface area contributed by atoms with Crippen LogP contribution in [0.5, 0.6) is 0 Å². The third-order valence-corrected chi connectivity index (χ3v) is 6.23. The molecule has 1 heterocycles. The summed E-state index contributed by atoms with van der Waals surface area (Å²) in [6, 6.07) is 0. The number of hydrogen-bond donors (Lipinski definition) is 0. The molecule has 1 aliphatic heterocycles. The maximum atomic E-state index is 4.98. The van der Waals surface area contributed by atoms with Gasteiger partial charge in [0.1, 0.15) is 0 Å². The zero-order valence-electron chi connectivity index (χ0n) is 13.6. The summed E-state index contributed by atoms with van der Waals surface area (Å²) in [5.74, 6) is 0. The van der Waals surface area contributed by atoms with Crippen molar-refractivity contribution in [1.29, 1.82) is 0 Å². The molecule has 0 saturated carbocycles. The Labute approximate surface area is 121 Å². The van der Waals surface area contributed by atoms with E-state index in [1.165, 1.54) is 63.5 Å². The van der Waals surface area contributed by atoms with Crippen LogP contribution >= 0.6 is 0 Å². The second-order valence-electron chi connectivity index (χ2n) is 6.86. The molecule has 0 bridgehead atoms. The van der Waals surface area contributed by atoms with Gasteiger partial charge in [-0.2, -0.15) is 0 Å². The average molecular weight is 280 g/mol. The molecule has 1 rings (SSSR count). The lowest BCUT2D eigenvalue weighted by Crippen LogP contribution is -2.29. The van der Waals surface area contributed by atoms with Crippen LogP contribution in [0.25, 0.3) is 0 Å². The molecular formula is C17H33NSi. The second kappa shape index (κ2) is 8.73. The molecule has 0 radical (unpaired) electrons. The van der Waals surface area contributed by atoms with Crippen molar-refractivity contribution in [2.75, 3.05) is 6.54 Å². The van der Waals surface area contributed by atoms with Gasteiger partial charge in [0.2, 0.25) is 0 Å². The molecular weight excluding hydrogens is 246 g/mol. The van der Waals surface area contributed by atoms with E-state index in [2.05, 4.69) is 32.6 Å². The summed E-state index contributed by atoms with van der Waals surface area (Å²) in [5, 5.41) is 1.60. The molecule has 0 fully saturated rings. The predicted octanol–water partition coefficient (Wildman–Crippen LogP) is 5.78. The molecule has 0 aliphatic carbocycles. The zero-order valence-corrected chi connectivity index (χ0v) is 14.6. The molecule has 19 heavy (non-hydrogen) atoms. The predicted molar refractivity (Wildman–Crippen MR) is 91.0 cm³/mol. The second-order valence-corrected chi connectivity index (χ2v) is 11.9. The Kier molecular flexibility index (Phi) is 7.66. The van der Waals surface area contributed by atoms with Gasteiger partial charge in [-0.3, -0.25) is 4.99 Å². The summed E-state index contributed by atoms with van der Waals surface area (Å²) in [4.78, 5) is 4.98. The third kappa shape index (κ3) is 6.55. The lowest BCUT2D eigenvalue weighted by atomic mass is 10.0. The lowest BCUT2D eigenvalue weighted by Gasteiger charge is -2.23. The minimum absolute atomic E-state index is 1.05. The van der Waals surface area contributed by atoms with Crippen molar-refractivity contribution >= 4 is 13.8 Å². The number of hydrogen-bond acceptors (Lipinski definition) is 1. The summed E-state index contributed by atoms with van der Waals surface area (Å²) in [7, 11) is -1.23. The molecule has 2 heteroatoms. The number of allylic oxidation sites excluding steroid dienone is 2. The van der Waals surface area contributed by atoms with Crippen LogP contribution in [0.1, 0.15) is 64.7 Å². The highest BCUT2D eigenvalue weighted by atomic mass is 28.3. The van der Waals surface area contributed by atoms with Crippen molar-refractivity contribution < 1.29 is 0 Å². The highest BCUT2D eigenvalue weighted by Gasteiger charge is 2.22. The van der Waals surface area contributed by atoms with Crippen molar-refractivity contribution in [2.24, 2.45) is 4.99 Å². The fourth-order valence-electron chi connectivity index (χ4n) is 3.01. The summed E-state index contributed by atoms with van der Waals surface area (Å²) < 4.78 is 0. The van der Waals surface area contributed by atoms with Crippen LogP contribution in [0.4, 0.5) is 0 Å². The Hall–Kier alpha value is -0.373. The van der Waals surface area contributed by atoms with E-state index in [0.717, 1.165) is 6.54 Å². The molecule has 0 spiro atoms. The first kappa shape index (κ1) is 16.7. The summed E-state index contributed by atoms with van der Waals surface area (Å²) in [5.41, 5.74) is 1.45. The van der Waals surface area contributed by atoms with Gasteiger partial charge < -0.3 is 0 Å². The van der Waals surface area contributed by atoms with Crippen molar-refractivity contribution in [3.63, 3.8) is 0 Å². The van der Waals surface area contributed by atoms with Gasteiger partial charge in [-0.15, -0.1) is 0 Å². The van der Waals surface area contributed by atoms with Gasteiger partial charge in [0.25, 0.3) is 0 Å². The zero-order chi connectivity index (χ0) is 14.1. The van der Waals surface area contributed by atoms with Crippen LogP contribution in [0.15, 0.2) is 16.3 Å². The molecule has 0 amide bonds. The van der Waals surface area contributed by atoms with Gasteiger partial charge in [0.15, 0.2) is 0 Å². The van der Waals surface area contributed by atoms with E-state index in [9.17, 15) is 0 Å². The normalized spacial score (nSPS) is 21.3. The maximum Gasteiger partial charge on any atom is 0.0795 e. The van der Waals surface area contributed by atoms with Gasteiger partial charge in [-0.05, 0) is 31.4 Å². The van der Waals surface area contributed by atoms with Crippen LogP contribution in [-0.2, 0) is 0 Å². The Balaban J connectivity index is 2.74. The quantitative estimate of drug-likeness (QED) is 0.568. The van der Waals surface area contributed by atoms with E-state index in [4.69, 9.17) is 4.99 Å². The highest BCUT2D eigenvalue weighted by Crippen LogP contribution is 2.21. The standard InChI is InChI=1S/C17H33NSi/c1-5-17(19(2,3)4)16-14-12-10-8-6-7-9-11-13-15-18-16/h5H,6-15H2,1-4H3/b17-5-,18-16?. The van der Waals surface area contributed by atoms with Crippen LogP contribution in [0.2, 0.25) is 19.6 Å². The summed E-state index contributed by atoms with van der Waals surface area (Å²) in [6.45, 7) is 10.6. The minimum atomic E-state index is -1.23. The molecule has 1 aliphatic rings. The lowest BCUT2D eigenvalue weighted by molar-refractivity contribution is 0.569. The minimum Gasteiger partial charge on any atom is -0.290 e. The van der Waals surface area contributed by atoms with E-state index in [-0.39, 0.29) is 0 Å². The Morgan fingerprint density at radius 2 is 1.42 bits per heavy atom. The van der Waals surface area contributed by atoms with Gasteiger partial charge in [-0.1, -0.05) is 64.2 Å². The van der Waals surface area contributed by atoms with Crippen molar-refractivity contribution in [1.82, 2.24) is 0 Å². The summed E-state index contributed by atoms with van der Waals surface area (Å²) in [6.07, 6.45) is 14.6. The monoisotopic (exact) mass is 279 g/mol. The molecule has 0 atom stereocenters. The largest absolute Gasteiger partial charge is 0.290 e. The Morgan fingerprint density at radius 1 is 0.895 bits per heavy atom. The topological polar surface area (TPSA) is 12.4 Å². The smallest absolute Gasteiger partial charge is 0.0795 e. The first-order valence-corrected chi connectivity index (χ1v) is 11.8. The molecule has 0 aromatic rings. The molecule has 0 unspecified atom stereocenters. The van der Waals surface area contributed by atoms with Crippen LogP contribution in [0, 0.1) is 0 Å². The van der Waals surface area contributed by atoms with Crippen molar-refractivity contribution in [3.8, 4) is 0 Å². The van der Waals surface area contributed by atoms with Gasteiger partial charge in [0.05, 0.1) is 8.07 Å². The fourth-order valence-corrected chi connectivity index (χ4v) is 4.95. The Morgan fingerprint density at radius 3 is 1.95 bits per heavy atom. The van der Waals surface area contributed by atoms with E-state index in [1.54, 1.807) is 5.20 Å². The van der Waals surface area contributed by atoms with Crippen LogP contribution < -0.4 is 0 Å². The van der Waals surface area contributed by atoms with Crippen LogP contribution in [0.3, 0.4) is 0 Å². The molecule has 0 N–H and O–H groups in total. The SMILES string of the molecule is C/C=C(/C1=NCCCCCCCCCC1)[Si](C)(C)C. The molecule has 0 saturated heterocycles. The van der Waals surface area contributed by atoms with Gasteiger partial charge in [0, 0.05) is 12.3 Å².